The summed E-state index contributed by atoms with van der Waals surface area (Å²) in [6, 6.07) is -0.763. The molecule has 1 aliphatic heterocycles. The van der Waals surface area contributed by atoms with Gasteiger partial charge >= 0.3 is 11.9 Å². The summed E-state index contributed by atoms with van der Waals surface area (Å²) in [4.78, 5) is 20.8. The van der Waals surface area contributed by atoms with Gasteiger partial charge in [0.25, 0.3) is 0 Å². The molecule has 0 aromatic rings. The summed E-state index contributed by atoms with van der Waals surface area (Å²) in [7, 11) is 0. The van der Waals surface area contributed by atoms with Crippen molar-refractivity contribution in [2.24, 2.45) is 0 Å². The van der Waals surface area contributed by atoms with Gasteiger partial charge in [-0.05, 0) is 12.8 Å². The number of rotatable bonds is 2. The van der Waals surface area contributed by atoms with Crippen LogP contribution in [0.4, 0.5) is 0 Å². The lowest BCUT2D eigenvalue weighted by Gasteiger charge is -2.19. The first-order chi connectivity index (χ1) is 5.61. The van der Waals surface area contributed by atoms with E-state index in [2.05, 4.69) is 5.32 Å². The van der Waals surface area contributed by atoms with E-state index in [-0.39, 0.29) is 5.70 Å². The fraction of sp³-hybridized carbons (Fsp3) is 0.429. The normalized spacial score (nSPS) is 22.3. The topological polar surface area (TPSA) is 86.6 Å². The van der Waals surface area contributed by atoms with Crippen molar-refractivity contribution in [2.45, 2.75) is 18.9 Å². The Balaban J connectivity index is 2.65. The Hall–Kier alpha value is -1.52. The number of aliphatic carboxylic acids is 2. The third-order valence-corrected chi connectivity index (χ3v) is 1.66. The molecule has 3 N–H and O–H groups in total. The third kappa shape index (κ3) is 1.75. The lowest BCUT2D eigenvalue weighted by Crippen LogP contribution is -2.40. The van der Waals surface area contributed by atoms with Gasteiger partial charge in [-0.1, -0.05) is 6.08 Å². The van der Waals surface area contributed by atoms with E-state index in [4.69, 9.17) is 10.2 Å². The fourth-order valence-corrected chi connectivity index (χ4v) is 1.05. The zero-order chi connectivity index (χ0) is 9.14. The van der Waals surface area contributed by atoms with Gasteiger partial charge in [-0.2, -0.15) is 0 Å². The monoisotopic (exact) mass is 171 g/mol. The predicted octanol–water partition coefficient (Wildman–Crippen LogP) is -0.208. The minimum Gasteiger partial charge on any atom is -0.480 e. The molecule has 0 spiro atoms. The van der Waals surface area contributed by atoms with E-state index in [0.717, 1.165) is 0 Å². The largest absolute Gasteiger partial charge is 0.480 e. The highest BCUT2D eigenvalue weighted by atomic mass is 16.4. The Bertz CT molecular complexity index is 246. The molecule has 0 bridgehead atoms. The van der Waals surface area contributed by atoms with Crippen molar-refractivity contribution in [3.63, 3.8) is 0 Å². The molecule has 1 aliphatic rings. The molecule has 1 heterocycles. The molecular formula is C7H9NO4. The molecule has 0 saturated carbocycles. The molecule has 0 fully saturated rings. The summed E-state index contributed by atoms with van der Waals surface area (Å²) >= 11 is 0. The first-order valence-corrected chi connectivity index (χ1v) is 3.54. The highest BCUT2D eigenvalue weighted by molar-refractivity contribution is 5.87. The van der Waals surface area contributed by atoms with Crippen LogP contribution in [0.2, 0.25) is 0 Å². The van der Waals surface area contributed by atoms with Crippen LogP contribution in [-0.2, 0) is 9.59 Å². The quantitative estimate of drug-likeness (QED) is 0.535. The Morgan fingerprint density at radius 3 is 2.67 bits per heavy atom. The SMILES string of the molecule is O=C(O)C1=CCCC(C(=O)O)N1. The average Bonchev–Trinajstić information content (AvgIpc) is 2.04. The second-order valence-corrected chi connectivity index (χ2v) is 2.54. The molecule has 1 rings (SSSR count). The second-order valence-electron chi connectivity index (χ2n) is 2.54. The van der Waals surface area contributed by atoms with Crippen molar-refractivity contribution in [2.75, 3.05) is 0 Å². The van der Waals surface area contributed by atoms with Gasteiger partial charge < -0.3 is 15.5 Å². The molecule has 66 valence electrons. The Morgan fingerprint density at radius 1 is 1.50 bits per heavy atom. The molecule has 0 saturated heterocycles. The van der Waals surface area contributed by atoms with E-state index >= 15 is 0 Å². The molecule has 5 nitrogen and oxygen atoms in total. The summed E-state index contributed by atoms with van der Waals surface area (Å²) in [5, 5.41) is 19.5. The van der Waals surface area contributed by atoms with Gasteiger partial charge in [-0.3, -0.25) is 0 Å². The molecule has 0 amide bonds. The van der Waals surface area contributed by atoms with Crippen LogP contribution in [0.25, 0.3) is 0 Å². The summed E-state index contributed by atoms with van der Waals surface area (Å²) < 4.78 is 0. The average molecular weight is 171 g/mol. The van der Waals surface area contributed by atoms with Crippen molar-refractivity contribution >= 4 is 11.9 Å². The number of carbonyl (C=O) groups is 2. The van der Waals surface area contributed by atoms with Crippen molar-refractivity contribution < 1.29 is 19.8 Å². The van der Waals surface area contributed by atoms with E-state index in [9.17, 15) is 9.59 Å². The maximum Gasteiger partial charge on any atom is 0.351 e. The van der Waals surface area contributed by atoms with Crippen molar-refractivity contribution in [1.82, 2.24) is 5.32 Å². The molecule has 0 aliphatic carbocycles. The molecule has 0 aromatic heterocycles. The summed E-state index contributed by atoms with van der Waals surface area (Å²) in [5.41, 5.74) is -0.0198. The van der Waals surface area contributed by atoms with Gasteiger partial charge in [0.15, 0.2) is 0 Å². The minimum atomic E-state index is -1.11. The molecule has 12 heavy (non-hydrogen) atoms. The van der Waals surface area contributed by atoms with Gasteiger partial charge in [0, 0.05) is 0 Å². The number of hydrogen-bond acceptors (Lipinski definition) is 3. The minimum absolute atomic E-state index is 0.0198. The second kappa shape index (κ2) is 3.25. The van der Waals surface area contributed by atoms with Crippen LogP contribution in [0.3, 0.4) is 0 Å². The zero-order valence-electron chi connectivity index (χ0n) is 6.28. The van der Waals surface area contributed by atoms with E-state index in [1.54, 1.807) is 0 Å². The first-order valence-electron chi connectivity index (χ1n) is 3.54. The number of carboxylic acids is 2. The number of hydrogen-bond donors (Lipinski definition) is 3. The van der Waals surface area contributed by atoms with E-state index < -0.39 is 18.0 Å². The van der Waals surface area contributed by atoms with E-state index in [0.29, 0.717) is 12.8 Å². The smallest absolute Gasteiger partial charge is 0.351 e. The van der Waals surface area contributed by atoms with Crippen molar-refractivity contribution in [1.29, 1.82) is 0 Å². The molecular weight excluding hydrogens is 162 g/mol. The Morgan fingerprint density at radius 2 is 2.17 bits per heavy atom. The highest BCUT2D eigenvalue weighted by Crippen LogP contribution is 2.09. The van der Waals surface area contributed by atoms with Crippen molar-refractivity contribution in [3.8, 4) is 0 Å². The van der Waals surface area contributed by atoms with Crippen LogP contribution in [-0.4, -0.2) is 28.2 Å². The van der Waals surface area contributed by atoms with Crippen LogP contribution in [0, 0.1) is 0 Å². The predicted molar refractivity (Wildman–Crippen MR) is 39.5 cm³/mol. The summed E-state index contributed by atoms with van der Waals surface area (Å²) in [6.45, 7) is 0. The van der Waals surface area contributed by atoms with E-state index in [1.807, 2.05) is 0 Å². The molecule has 0 radical (unpaired) electrons. The van der Waals surface area contributed by atoms with Gasteiger partial charge in [-0.25, -0.2) is 9.59 Å². The first kappa shape index (κ1) is 8.58. The Kier molecular flexibility index (Phi) is 2.32. The molecule has 0 aromatic carbocycles. The van der Waals surface area contributed by atoms with Crippen molar-refractivity contribution in [3.05, 3.63) is 11.8 Å². The zero-order valence-corrected chi connectivity index (χ0v) is 6.28. The van der Waals surface area contributed by atoms with Crippen LogP contribution < -0.4 is 5.32 Å². The van der Waals surface area contributed by atoms with Gasteiger partial charge in [-0.15, -0.1) is 0 Å². The lowest BCUT2D eigenvalue weighted by molar-refractivity contribution is -0.139. The summed E-state index contributed by atoms with van der Waals surface area (Å²) in [5.74, 6) is -2.12. The number of nitrogens with one attached hydrogen (secondary N) is 1. The van der Waals surface area contributed by atoms with Crippen LogP contribution in [0.5, 0.6) is 0 Å². The third-order valence-electron chi connectivity index (χ3n) is 1.66. The lowest BCUT2D eigenvalue weighted by atomic mass is 10.1. The maximum atomic E-state index is 10.4. The standard InChI is InChI=1S/C7H9NO4/c9-6(10)4-2-1-3-5(8-4)7(11)12/h2,5,8H,1,3H2,(H,9,10)(H,11,12). The van der Waals surface area contributed by atoms with Gasteiger partial charge in [0.1, 0.15) is 11.7 Å². The Labute approximate surface area is 68.7 Å². The highest BCUT2D eigenvalue weighted by Gasteiger charge is 2.23. The number of allylic oxidation sites excluding steroid dienone is 1. The maximum absolute atomic E-state index is 10.4. The van der Waals surface area contributed by atoms with Crippen LogP contribution in [0.1, 0.15) is 12.8 Å². The molecule has 1 atom stereocenters. The van der Waals surface area contributed by atoms with Gasteiger partial charge in [0.2, 0.25) is 0 Å². The molecule has 1 unspecified atom stereocenters. The molecule has 5 heteroatoms. The summed E-state index contributed by atoms with van der Waals surface area (Å²) in [6.07, 6.45) is 2.42. The van der Waals surface area contributed by atoms with E-state index in [1.165, 1.54) is 6.08 Å². The van der Waals surface area contributed by atoms with Crippen LogP contribution >= 0.6 is 0 Å². The van der Waals surface area contributed by atoms with Gasteiger partial charge in [0.05, 0.1) is 0 Å². The van der Waals surface area contributed by atoms with Crippen LogP contribution in [0.15, 0.2) is 11.8 Å². The fourth-order valence-electron chi connectivity index (χ4n) is 1.05. The number of carboxylic acid groups (broad SMARTS) is 2.